The molecule has 3 heterocycles. The molecule has 0 amide bonds. The Balaban J connectivity index is 1.45. The normalized spacial score (nSPS) is 11.9. The van der Waals surface area contributed by atoms with Crippen LogP contribution in [-0.4, -0.2) is 28.2 Å². The van der Waals surface area contributed by atoms with Crippen LogP contribution in [0.1, 0.15) is 11.4 Å². The molecule has 0 radical (unpaired) electrons. The highest BCUT2D eigenvalue weighted by Gasteiger charge is 2.15. The van der Waals surface area contributed by atoms with Gasteiger partial charge in [0.25, 0.3) is 0 Å². The van der Waals surface area contributed by atoms with Gasteiger partial charge in [-0.3, -0.25) is 0 Å². The molecule has 0 fully saturated rings. The molecular weight excluding hydrogens is 440 g/mol. The maximum absolute atomic E-state index is 11.9. The van der Waals surface area contributed by atoms with Gasteiger partial charge in [0.2, 0.25) is 20.1 Å². The lowest BCUT2D eigenvalue weighted by Gasteiger charge is -2.04. The minimum absolute atomic E-state index is 0.0260. The summed E-state index contributed by atoms with van der Waals surface area (Å²) in [5, 5.41) is 22.4. The van der Waals surface area contributed by atoms with E-state index in [1.807, 2.05) is 12.1 Å². The van der Waals surface area contributed by atoms with E-state index in [0.717, 1.165) is 10.9 Å². The van der Waals surface area contributed by atoms with Crippen LogP contribution < -0.4 is 16.1 Å². The van der Waals surface area contributed by atoms with Crippen molar-refractivity contribution in [2.24, 2.45) is 5.14 Å². The average molecular weight is 454 g/mol. The second-order valence-electron chi connectivity index (χ2n) is 6.68. The molecule has 3 N–H and O–H groups in total. The van der Waals surface area contributed by atoms with Crippen molar-refractivity contribution >= 4 is 48.1 Å². The predicted molar refractivity (Wildman–Crippen MR) is 115 cm³/mol. The number of nitrogens with two attached hydrogens (primary N) is 1. The van der Waals surface area contributed by atoms with Crippen LogP contribution in [0.5, 0.6) is 0 Å². The lowest BCUT2D eigenvalue weighted by molar-refractivity contribution is 0.559. The van der Waals surface area contributed by atoms with Crippen LogP contribution in [0.25, 0.3) is 15.9 Å². The number of nitrogens with one attached hydrogen (secondary N) is 1. The molecular formula is C19H14N6O4S2. The second-order valence-corrected chi connectivity index (χ2v) is 9.19. The molecule has 0 spiro atoms. The third kappa shape index (κ3) is 3.79. The van der Waals surface area contributed by atoms with E-state index in [4.69, 9.17) is 9.56 Å². The Morgan fingerprint density at radius 3 is 2.65 bits per heavy atom. The largest absolute Gasteiger partial charge is 0.423 e. The van der Waals surface area contributed by atoms with Gasteiger partial charge in [-0.1, -0.05) is 29.5 Å². The molecule has 0 atom stereocenters. The Morgan fingerprint density at radius 2 is 1.87 bits per heavy atom. The van der Waals surface area contributed by atoms with E-state index in [0.29, 0.717) is 33.6 Å². The molecule has 0 unspecified atom stereocenters. The molecule has 5 aromatic rings. The molecule has 0 saturated heterocycles. The van der Waals surface area contributed by atoms with E-state index in [2.05, 4.69) is 20.6 Å². The van der Waals surface area contributed by atoms with Crippen LogP contribution in [-0.2, 0) is 16.4 Å². The van der Waals surface area contributed by atoms with E-state index in [1.54, 1.807) is 28.8 Å². The van der Waals surface area contributed by atoms with E-state index >= 15 is 0 Å². The number of primary sulfonamides is 1. The number of benzene rings is 2. The number of fused-ring (bicyclic) bond motifs is 2. The number of aromatic nitrogens is 4. The van der Waals surface area contributed by atoms with Crippen LogP contribution in [0.3, 0.4) is 0 Å². The number of hydrogen-bond acceptors (Lipinski definition) is 9. The number of hydrogen-bond donors (Lipinski definition) is 2. The summed E-state index contributed by atoms with van der Waals surface area (Å²) in [6.07, 6.45) is 0.347. The van der Waals surface area contributed by atoms with Crippen molar-refractivity contribution in [2.75, 3.05) is 5.32 Å². The molecule has 0 saturated carbocycles. The highest BCUT2D eigenvalue weighted by molar-refractivity contribution is 7.89. The summed E-state index contributed by atoms with van der Waals surface area (Å²) >= 11 is 1.28. The summed E-state index contributed by atoms with van der Waals surface area (Å²) in [5.74, 6) is 0.569. The zero-order valence-electron chi connectivity index (χ0n) is 15.7. The van der Waals surface area contributed by atoms with Crippen LogP contribution >= 0.6 is 11.3 Å². The standard InChI is InChI=1S/C19H14N6O4S2/c20-31(27,28)13-7-5-12(6-8-13)21-18-24-25-16(22-23-19(25)30-18)9-11-10-17(26)29-15-4-2-1-3-14(11)15/h1-8,10H,9H2,(H,21,24)(H2,20,27,28). The Kier molecular flexibility index (Phi) is 4.54. The van der Waals surface area contributed by atoms with Crippen LogP contribution in [0.4, 0.5) is 10.8 Å². The molecule has 5 rings (SSSR count). The summed E-state index contributed by atoms with van der Waals surface area (Å²) in [5.41, 5.74) is 1.49. The summed E-state index contributed by atoms with van der Waals surface area (Å²) in [6.45, 7) is 0. The fourth-order valence-electron chi connectivity index (χ4n) is 3.17. The molecule has 2 aromatic carbocycles. The molecule has 0 aliphatic carbocycles. The Bertz CT molecular complexity index is 1590. The van der Waals surface area contributed by atoms with Crippen molar-refractivity contribution < 1.29 is 12.8 Å². The van der Waals surface area contributed by atoms with Gasteiger partial charge in [-0.25, -0.2) is 18.4 Å². The second kappa shape index (κ2) is 7.27. The van der Waals surface area contributed by atoms with Gasteiger partial charge in [-0.05, 0) is 35.9 Å². The van der Waals surface area contributed by atoms with E-state index in [9.17, 15) is 13.2 Å². The molecule has 3 aromatic heterocycles. The SMILES string of the molecule is NS(=O)(=O)c1ccc(Nc2nn3c(Cc4cc(=O)oc5ccccc45)nnc3s2)cc1. The van der Waals surface area contributed by atoms with Gasteiger partial charge in [0.15, 0.2) is 5.82 Å². The first-order valence-electron chi connectivity index (χ1n) is 8.99. The summed E-state index contributed by atoms with van der Waals surface area (Å²) in [4.78, 5) is 12.5. The molecule has 156 valence electrons. The minimum Gasteiger partial charge on any atom is -0.423 e. The van der Waals surface area contributed by atoms with Crippen molar-refractivity contribution in [3.05, 3.63) is 76.4 Å². The average Bonchev–Trinajstić information content (AvgIpc) is 3.29. The molecule has 31 heavy (non-hydrogen) atoms. The number of rotatable bonds is 5. The third-order valence-corrected chi connectivity index (χ3v) is 6.32. The van der Waals surface area contributed by atoms with Crippen LogP contribution in [0.2, 0.25) is 0 Å². The fourth-order valence-corrected chi connectivity index (χ4v) is 4.46. The van der Waals surface area contributed by atoms with Gasteiger partial charge in [0.1, 0.15) is 5.58 Å². The highest BCUT2D eigenvalue weighted by Crippen LogP contribution is 2.25. The van der Waals surface area contributed by atoms with E-state index in [1.165, 1.54) is 29.5 Å². The van der Waals surface area contributed by atoms with Crippen LogP contribution in [0, 0.1) is 0 Å². The monoisotopic (exact) mass is 454 g/mol. The maximum atomic E-state index is 11.9. The minimum atomic E-state index is -3.75. The first kappa shape index (κ1) is 19.4. The number of anilines is 2. The van der Waals surface area contributed by atoms with Gasteiger partial charge in [-0.2, -0.15) is 4.52 Å². The molecule has 0 bridgehead atoms. The van der Waals surface area contributed by atoms with E-state index in [-0.39, 0.29) is 4.90 Å². The van der Waals surface area contributed by atoms with Crippen molar-refractivity contribution in [2.45, 2.75) is 11.3 Å². The third-order valence-electron chi connectivity index (χ3n) is 4.57. The number of para-hydroxylation sites is 1. The number of nitrogens with zero attached hydrogens (tertiary/aromatic N) is 4. The lowest BCUT2D eigenvalue weighted by Crippen LogP contribution is -2.11. The van der Waals surface area contributed by atoms with Crippen molar-refractivity contribution in [1.82, 2.24) is 19.8 Å². The molecule has 10 nitrogen and oxygen atoms in total. The lowest BCUT2D eigenvalue weighted by atomic mass is 10.1. The molecule has 0 aliphatic heterocycles. The number of sulfonamides is 1. The maximum Gasteiger partial charge on any atom is 0.336 e. The highest BCUT2D eigenvalue weighted by atomic mass is 32.2. The zero-order valence-corrected chi connectivity index (χ0v) is 17.4. The van der Waals surface area contributed by atoms with Crippen molar-refractivity contribution in [1.29, 1.82) is 0 Å². The van der Waals surface area contributed by atoms with Crippen molar-refractivity contribution in [3.63, 3.8) is 0 Å². The van der Waals surface area contributed by atoms with Gasteiger partial charge < -0.3 is 9.73 Å². The topological polar surface area (TPSA) is 145 Å². The van der Waals surface area contributed by atoms with Crippen LogP contribution in [0.15, 0.2) is 68.7 Å². The van der Waals surface area contributed by atoms with Gasteiger partial charge in [-0.15, -0.1) is 15.3 Å². The molecule has 0 aliphatic rings. The molecule has 12 heteroatoms. The first-order valence-corrected chi connectivity index (χ1v) is 11.4. The van der Waals surface area contributed by atoms with Gasteiger partial charge in [0, 0.05) is 23.6 Å². The predicted octanol–water partition coefficient (Wildman–Crippen LogP) is 2.27. The quantitative estimate of drug-likeness (QED) is 0.385. The Labute approximate surface area is 179 Å². The summed E-state index contributed by atoms with van der Waals surface area (Å²) in [7, 11) is -3.75. The van der Waals surface area contributed by atoms with Crippen molar-refractivity contribution in [3.8, 4) is 0 Å². The summed E-state index contributed by atoms with van der Waals surface area (Å²) < 4.78 is 29.6. The van der Waals surface area contributed by atoms with Gasteiger partial charge in [0.05, 0.1) is 4.90 Å². The Morgan fingerprint density at radius 1 is 1.10 bits per heavy atom. The smallest absolute Gasteiger partial charge is 0.336 e. The Hall–Kier alpha value is -3.61. The first-order chi connectivity index (χ1) is 14.9. The van der Waals surface area contributed by atoms with E-state index < -0.39 is 15.6 Å². The fraction of sp³-hybridized carbons (Fsp3) is 0.0526. The van der Waals surface area contributed by atoms with Gasteiger partial charge >= 0.3 is 5.63 Å². The summed E-state index contributed by atoms with van der Waals surface area (Å²) in [6, 6.07) is 14.8. The zero-order chi connectivity index (χ0) is 21.6.